The zero-order valence-electron chi connectivity index (χ0n) is 12.6. The minimum Gasteiger partial charge on any atom is -0.322 e. The van der Waals surface area contributed by atoms with E-state index < -0.39 is 6.04 Å². The van der Waals surface area contributed by atoms with Gasteiger partial charge in [0.1, 0.15) is 6.04 Å². The highest BCUT2D eigenvalue weighted by Gasteiger charge is 2.38. The Morgan fingerprint density at radius 2 is 1.90 bits per heavy atom. The molecule has 0 aromatic heterocycles. The highest BCUT2D eigenvalue weighted by atomic mass is 16.2. The van der Waals surface area contributed by atoms with Crippen molar-refractivity contribution in [3.05, 3.63) is 34.9 Å². The molecule has 112 valence electrons. The molecule has 1 N–H and O–H groups in total. The molecule has 3 rings (SSSR count). The molecule has 1 aromatic rings. The predicted octanol–water partition coefficient (Wildman–Crippen LogP) is 1.78. The van der Waals surface area contributed by atoms with E-state index in [-0.39, 0.29) is 24.1 Å². The summed E-state index contributed by atoms with van der Waals surface area (Å²) in [5.74, 6) is -0.750. The Morgan fingerprint density at radius 1 is 1.19 bits per heavy atom. The summed E-state index contributed by atoms with van der Waals surface area (Å²) >= 11 is 0. The maximum atomic E-state index is 12.3. The van der Waals surface area contributed by atoms with Gasteiger partial charge in [-0.05, 0) is 25.0 Å². The number of hydrogen-bond donors (Lipinski definition) is 1. The molecule has 0 radical (unpaired) electrons. The van der Waals surface area contributed by atoms with Crippen molar-refractivity contribution >= 4 is 17.7 Å². The van der Waals surface area contributed by atoms with E-state index in [4.69, 9.17) is 0 Å². The normalized spacial score (nSPS) is 20.6. The molecule has 1 aromatic carbocycles. The lowest BCUT2D eigenvalue weighted by Crippen LogP contribution is -2.52. The second kappa shape index (κ2) is 6.08. The van der Waals surface area contributed by atoms with Crippen LogP contribution in [0.4, 0.5) is 0 Å². The number of carbonyl (C=O) groups excluding carboxylic acids is 3. The van der Waals surface area contributed by atoms with Crippen molar-refractivity contribution in [2.45, 2.75) is 46.2 Å². The van der Waals surface area contributed by atoms with Gasteiger partial charge in [0.2, 0.25) is 11.8 Å². The van der Waals surface area contributed by atoms with Crippen LogP contribution in [0.3, 0.4) is 0 Å². The zero-order valence-corrected chi connectivity index (χ0v) is 12.6. The number of rotatable bonds is 1. The Bertz CT molecular complexity index is 595. The van der Waals surface area contributed by atoms with Gasteiger partial charge in [0.05, 0.1) is 0 Å². The largest absolute Gasteiger partial charge is 0.322 e. The van der Waals surface area contributed by atoms with Gasteiger partial charge in [-0.2, -0.15) is 0 Å². The number of nitrogens with zero attached hydrogens (tertiary/aromatic N) is 1. The van der Waals surface area contributed by atoms with Crippen molar-refractivity contribution < 1.29 is 14.4 Å². The molecule has 2 aliphatic rings. The van der Waals surface area contributed by atoms with E-state index in [0.717, 1.165) is 11.1 Å². The molecule has 0 unspecified atom stereocenters. The van der Waals surface area contributed by atoms with Crippen LogP contribution < -0.4 is 5.32 Å². The number of piperidine rings is 1. The lowest BCUT2D eigenvalue weighted by molar-refractivity contribution is -0.136. The highest BCUT2D eigenvalue weighted by molar-refractivity contribution is 6.05. The SMILES string of the molecule is CC.Cc1ccc2c(c1)CN([C@H]1CCC(=O)NC1=O)C2=O. The summed E-state index contributed by atoms with van der Waals surface area (Å²) in [6, 6.07) is 5.14. The smallest absolute Gasteiger partial charge is 0.255 e. The molecular formula is C16H20N2O3. The van der Waals surface area contributed by atoms with Crippen molar-refractivity contribution in [3.8, 4) is 0 Å². The number of carbonyl (C=O) groups is 3. The minimum atomic E-state index is -0.530. The lowest BCUT2D eigenvalue weighted by Gasteiger charge is -2.29. The summed E-state index contributed by atoms with van der Waals surface area (Å²) in [4.78, 5) is 36.8. The number of hydrogen-bond acceptors (Lipinski definition) is 3. The fraction of sp³-hybridized carbons (Fsp3) is 0.438. The Balaban J connectivity index is 0.000000774. The van der Waals surface area contributed by atoms with E-state index in [0.29, 0.717) is 18.5 Å². The number of benzene rings is 1. The predicted molar refractivity (Wildman–Crippen MR) is 78.6 cm³/mol. The first-order valence-electron chi connectivity index (χ1n) is 7.30. The van der Waals surface area contributed by atoms with Gasteiger partial charge in [-0.3, -0.25) is 19.7 Å². The minimum absolute atomic E-state index is 0.121. The fourth-order valence-electron chi connectivity index (χ4n) is 2.70. The molecule has 3 amide bonds. The molecule has 2 heterocycles. The molecule has 0 spiro atoms. The van der Waals surface area contributed by atoms with Crippen LogP contribution in [0.5, 0.6) is 0 Å². The van der Waals surface area contributed by atoms with E-state index in [1.807, 2.05) is 32.9 Å². The third-order valence-electron chi connectivity index (χ3n) is 3.68. The van der Waals surface area contributed by atoms with E-state index >= 15 is 0 Å². The van der Waals surface area contributed by atoms with Gasteiger partial charge >= 0.3 is 0 Å². The highest BCUT2D eigenvalue weighted by Crippen LogP contribution is 2.27. The van der Waals surface area contributed by atoms with Gasteiger partial charge in [-0.15, -0.1) is 0 Å². The van der Waals surface area contributed by atoms with Crippen LogP contribution in [0.2, 0.25) is 0 Å². The van der Waals surface area contributed by atoms with E-state index in [1.165, 1.54) is 0 Å². The monoisotopic (exact) mass is 288 g/mol. The Morgan fingerprint density at radius 3 is 2.57 bits per heavy atom. The second-order valence-corrected chi connectivity index (χ2v) is 5.06. The second-order valence-electron chi connectivity index (χ2n) is 5.06. The van der Waals surface area contributed by atoms with Crippen LogP contribution >= 0.6 is 0 Å². The molecule has 0 saturated carbocycles. The molecular weight excluding hydrogens is 268 g/mol. The van der Waals surface area contributed by atoms with Crippen LogP contribution in [0, 0.1) is 6.92 Å². The molecule has 2 aliphatic heterocycles. The number of imide groups is 1. The third kappa shape index (κ3) is 2.82. The summed E-state index contributed by atoms with van der Waals surface area (Å²) in [6.45, 7) is 6.42. The van der Waals surface area contributed by atoms with Gasteiger partial charge < -0.3 is 4.90 Å². The number of nitrogens with one attached hydrogen (secondary N) is 1. The summed E-state index contributed by atoms with van der Waals surface area (Å²) in [6.07, 6.45) is 0.693. The molecule has 5 nitrogen and oxygen atoms in total. The molecule has 1 atom stereocenters. The quantitative estimate of drug-likeness (QED) is 0.801. The molecule has 1 fully saturated rings. The topological polar surface area (TPSA) is 66.5 Å². The first-order chi connectivity index (χ1) is 10.1. The van der Waals surface area contributed by atoms with Crippen LogP contribution in [0.15, 0.2) is 18.2 Å². The number of aryl methyl sites for hydroxylation is 1. The van der Waals surface area contributed by atoms with Crippen molar-refractivity contribution in [1.29, 1.82) is 0 Å². The first kappa shape index (κ1) is 15.2. The molecule has 5 heteroatoms. The van der Waals surface area contributed by atoms with Crippen LogP contribution in [-0.2, 0) is 16.1 Å². The van der Waals surface area contributed by atoms with Crippen LogP contribution in [-0.4, -0.2) is 28.7 Å². The standard InChI is InChI=1S/C14H14N2O3.C2H6/c1-8-2-3-10-9(6-8)7-16(14(10)19)11-4-5-12(17)15-13(11)18;1-2/h2-3,6,11H,4-5,7H2,1H3,(H,15,17,18);1-2H3/t11-;/m0./s1. The fourth-order valence-corrected chi connectivity index (χ4v) is 2.70. The summed E-state index contributed by atoms with van der Waals surface area (Å²) in [7, 11) is 0. The third-order valence-corrected chi connectivity index (χ3v) is 3.68. The van der Waals surface area contributed by atoms with Crippen molar-refractivity contribution in [3.63, 3.8) is 0 Å². The van der Waals surface area contributed by atoms with E-state index in [1.54, 1.807) is 11.0 Å². The average molecular weight is 288 g/mol. The average Bonchev–Trinajstić information content (AvgIpc) is 2.77. The van der Waals surface area contributed by atoms with Gasteiger partial charge in [-0.25, -0.2) is 0 Å². The van der Waals surface area contributed by atoms with Crippen molar-refractivity contribution in [1.82, 2.24) is 10.2 Å². The van der Waals surface area contributed by atoms with Crippen LogP contribution in [0.1, 0.15) is 48.2 Å². The van der Waals surface area contributed by atoms with Crippen molar-refractivity contribution in [2.24, 2.45) is 0 Å². The lowest BCUT2D eigenvalue weighted by atomic mass is 10.0. The summed E-state index contributed by atoms with van der Waals surface area (Å²) in [5.41, 5.74) is 2.71. The van der Waals surface area contributed by atoms with Gasteiger partial charge in [-0.1, -0.05) is 31.5 Å². The molecule has 21 heavy (non-hydrogen) atoms. The van der Waals surface area contributed by atoms with Gasteiger partial charge in [0, 0.05) is 18.5 Å². The maximum absolute atomic E-state index is 12.3. The molecule has 0 aliphatic carbocycles. The van der Waals surface area contributed by atoms with Crippen molar-refractivity contribution in [2.75, 3.05) is 0 Å². The van der Waals surface area contributed by atoms with E-state index in [9.17, 15) is 14.4 Å². The Hall–Kier alpha value is -2.17. The first-order valence-corrected chi connectivity index (χ1v) is 7.30. The number of fused-ring (bicyclic) bond motifs is 1. The van der Waals surface area contributed by atoms with E-state index in [2.05, 4.69) is 5.32 Å². The zero-order chi connectivity index (χ0) is 15.6. The Kier molecular flexibility index (Phi) is 4.40. The molecule has 1 saturated heterocycles. The van der Waals surface area contributed by atoms with Gasteiger partial charge in [0.25, 0.3) is 5.91 Å². The Labute approximate surface area is 124 Å². The summed E-state index contributed by atoms with van der Waals surface area (Å²) in [5, 5.41) is 2.29. The maximum Gasteiger partial charge on any atom is 0.255 e. The number of amides is 3. The summed E-state index contributed by atoms with van der Waals surface area (Å²) < 4.78 is 0. The van der Waals surface area contributed by atoms with Gasteiger partial charge in [0.15, 0.2) is 0 Å². The van der Waals surface area contributed by atoms with Crippen LogP contribution in [0.25, 0.3) is 0 Å². The molecule has 0 bridgehead atoms.